The molecule has 0 amide bonds. The van der Waals surface area contributed by atoms with Crippen LogP contribution in [0.3, 0.4) is 0 Å². The van der Waals surface area contributed by atoms with Gasteiger partial charge in [-0.2, -0.15) is 0 Å². The highest BCUT2D eigenvalue weighted by atomic mass is 16.6. The third-order valence-corrected chi connectivity index (χ3v) is 3.54. The molecule has 0 saturated heterocycles. The molecule has 2 aromatic rings. The van der Waals surface area contributed by atoms with Crippen LogP contribution in [0.25, 0.3) is 11.0 Å². The first-order valence-electron chi connectivity index (χ1n) is 7.37. The number of ether oxygens (including phenoxy) is 2. The van der Waals surface area contributed by atoms with Crippen molar-refractivity contribution in [3.8, 4) is 5.75 Å². The zero-order valence-corrected chi connectivity index (χ0v) is 13.3. The standard InChI is InChI=1S/C17H20O5/c1-5-13-10(3)14-8-7-12(9-15(14)22-17(13)19)21-11(4)16(18)20-6-2/h7-9,11H,5-6H2,1-4H3/t11-/m0/s1. The minimum absolute atomic E-state index is 0.304. The monoisotopic (exact) mass is 304 g/mol. The van der Waals surface area contributed by atoms with E-state index in [-0.39, 0.29) is 5.63 Å². The highest BCUT2D eigenvalue weighted by Gasteiger charge is 2.17. The van der Waals surface area contributed by atoms with E-state index >= 15 is 0 Å². The Hall–Kier alpha value is -2.30. The molecule has 0 aliphatic heterocycles. The summed E-state index contributed by atoms with van der Waals surface area (Å²) in [4.78, 5) is 23.5. The molecule has 1 heterocycles. The topological polar surface area (TPSA) is 65.7 Å². The predicted molar refractivity (Wildman–Crippen MR) is 83.3 cm³/mol. The largest absolute Gasteiger partial charge is 0.479 e. The van der Waals surface area contributed by atoms with E-state index in [0.717, 1.165) is 10.9 Å². The number of hydrogen-bond donors (Lipinski definition) is 0. The first kappa shape index (κ1) is 16.1. The highest BCUT2D eigenvalue weighted by Crippen LogP contribution is 2.25. The van der Waals surface area contributed by atoms with Crippen LogP contribution < -0.4 is 10.4 Å². The zero-order chi connectivity index (χ0) is 16.3. The molecule has 0 spiro atoms. The summed E-state index contributed by atoms with van der Waals surface area (Å²) in [6, 6.07) is 5.21. The first-order chi connectivity index (χ1) is 10.5. The van der Waals surface area contributed by atoms with E-state index in [2.05, 4.69) is 0 Å². The lowest BCUT2D eigenvalue weighted by Gasteiger charge is -2.14. The van der Waals surface area contributed by atoms with Gasteiger partial charge in [0.25, 0.3) is 0 Å². The van der Waals surface area contributed by atoms with E-state index in [0.29, 0.717) is 29.9 Å². The van der Waals surface area contributed by atoms with Gasteiger partial charge in [0.1, 0.15) is 11.3 Å². The molecule has 0 unspecified atom stereocenters. The number of aryl methyl sites for hydroxylation is 1. The van der Waals surface area contributed by atoms with Gasteiger partial charge >= 0.3 is 11.6 Å². The Morgan fingerprint density at radius 3 is 2.68 bits per heavy atom. The molecule has 0 bridgehead atoms. The number of fused-ring (bicyclic) bond motifs is 1. The van der Waals surface area contributed by atoms with Gasteiger partial charge in [-0.1, -0.05) is 6.92 Å². The second kappa shape index (κ2) is 6.64. The van der Waals surface area contributed by atoms with Crippen molar-refractivity contribution in [3.63, 3.8) is 0 Å². The van der Waals surface area contributed by atoms with Crippen LogP contribution in [0.15, 0.2) is 27.4 Å². The molecule has 0 aliphatic rings. The molecule has 1 atom stereocenters. The van der Waals surface area contributed by atoms with Crippen molar-refractivity contribution >= 4 is 16.9 Å². The number of carbonyl (C=O) groups is 1. The SMILES string of the molecule is CCOC(=O)[C@H](C)Oc1ccc2c(C)c(CC)c(=O)oc2c1. The van der Waals surface area contributed by atoms with Crippen molar-refractivity contribution in [3.05, 3.63) is 39.7 Å². The fraction of sp³-hybridized carbons (Fsp3) is 0.412. The quantitative estimate of drug-likeness (QED) is 0.627. The molecule has 0 N–H and O–H groups in total. The molecule has 5 nitrogen and oxygen atoms in total. The van der Waals surface area contributed by atoms with Gasteiger partial charge in [-0.25, -0.2) is 9.59 Å². The lowest BCUT2D eigenvalue weighted by molar-refractivity contribution is -0.150. The summed E-state index contributed by atoms with van der Waals surface area (Å²) in [6.07, 6.45) is -0.0949. The zero-order valence-electron chi connectivity index (χ0n) is 13.3. The summed E-state index contributed by atoms with van der Waals surface area (Å²) in [5, 5.41) is 0.868. The maximum atomic E-state index is 11.9. The summed E-state index contributed by atoms with van der Waals surface area (Å²) in [7, 11) is 0. The Balaban J connectivity index is 2.35. The number of hydrogen-bond acceptors (Lipinski definition) is 5. The van der Waals surface area contributed by atoms with E-state index in [1.165, 1.54) is 0 Å². The maximum Gasteiger partial charge on any atom is 0.347 e. The van der Waals surface area contributed by atoms with Crippen molar-refractivity contribution in [2.45, 2.75) is 40.2 Å². The fourth-order valence-electron chi connectivity index (χ4n) is 2.37. The van der Waals surface area contributed by atoms with E-state index in [9.17, 15) is 9.59 Å². The summed E-state index contributed by atoms with van der Waals surface area (Å²) in [6.45, 7) is 7.48. The van der Waals surface area contributed by atoms with Crippen LogP contribution in [0, 0.1) is 6.92 Å². The lowest BCUT2D eigenvalue weighted by atomic mass is 10.0. The number of carbonyl (C=O) groups excluding carboxylic acids is 1. The third-order valence-electron chi connectivity index (χ3n) is 3.54. The second-order valence-corrected chi connectivity index (χ2v) is 5.02. The van der Waals surface area contributed by atoms with Crippen LogP contribution in [0.4, 0.5) is 0 Å². The Morgan fingerprint density at radius 2 is 2.05 bits per heavy atom. The summed E-state index contributed by atoms with van der Waals surface area (Å²) in [5.41, 5.74) is 1.72. The number of esters is 1. The van der Waals surface area contributed by atoms with Gasteiger partial charge in [0, 0.05) is 17.0 Å². The molecular weight excluding hydrogens is 284 g/mol. The molecule has 0 radical (unpaired) electrons. The molecule has 22 heavy (non-hydrogen) atoms. The Kier molecular flexibility index (Phi) is 4.85. The van der Waals surface area contributed by atoms with E-state index in [4.69, 9.17) is 13.9 Å². The van der Waals surface area contributed by atoms with Crippen LogP contribution in [0.2, 0.25) is 0 Å². The van der Waals surface area contributed by atoms with Crippen molar-refractivity contribution in [2.24, 2.45) is 0 Å². The van der Waals surface area contributed by atoms with Gasteiger partial charge in [0.05, 0.1) is 6.61 Å². The van der Waals surface area contributed by atoms with Crippen LogP contribution in [0.5, 0.6) is 5.75 Å². The average Bonchev–Trinajstić information content (AvgIpc) is 2.47. The van der Waals surface area contributed by atoms with E-state index < -0.39 is 12.1 Å². The van der Waals surface area contributed by atoms with Gasteiger partial charge < -0.3 is 13.9 Å². The molecule has 118 valence electrons. The van der Waals surface area contributed by atoms with Gasteiger partial charge in [0.2, 0.25) is 0 Å². The molecule has 2 rings (SSSR count). The van der Waals surface area contributed by atoms with Crippen molar-refractivity contribution in [1.82, 2.24) is 0 Å². The van der Waals surface area contributed by atoms with Gasteiger partial charge in [-0.15, -0.1) is 0 Å². The van der Waals surface area contributed by atoms with E-state index in [1.54, 1.807) is 26.0 Å². The molecule has 0 aliphatic carbocycles. The Labute approximate surface area is 128 Å². The third kappa shape index (κ3) is 3.13. The van der Waals surface area contributed by atoms with Crippen molar-refractivity contribution in [1.29, 1.82) is 0 Å². The Morgan fingerprint density at radius 1 is 1.32 bits per heavy atom. The highest BCUT2D eigenvalue weighted by molar-refractivity contribution is 5.82. The van der Waals surface area contributed by atoms with Gasteiger partial charge in [-0.3, -0.25) is 0 Å². The molecule has 0 saturated carbocycles. The van der Waals surface area contributed by atoms with Crippen LogP contribution in [0.1, 0.15) is 31.9 Å². The average molecular weight is 304 g/mol. The summed E-state index contributed by atoms with van der Waals surface area (Å²) >= 11 is 0. The predicted octanol–water partition coefficient (Wildman–Crippen LogP) is 2.99. The minimum atomic E-state index is -0.722. The van der Waals surface area contributed by atoms with Crippen molar-refractivity contribution < 1.29 is 18.7 Å². The maximum absolute atomic E-state index is 11.9. The van der Waals surface area contributed by atoms with Gasteiger partial charge in [0.15, 0.2) is 6.10 Å². The Bertz CT molecular complexity index is 745. The normalized spacial score (nSPS) is 12.2. The second-order valence-electron chi connectivity index (χ2n) is 5.02. The summed E-state index contributed by atoms with van der Waals surface area (Å²) < 4.78 is 15.8. The van der Waals surface area contributed by atoms with Crippen LogP contribution in [-0.4, -0.2) is 18.7 Å². The molecule has 1 aromatic heterocycles. The molecule has 5 heteroatoms. The molecular formula is C17H20O5. The van der Waals surface area contributed by atoms with Gasteiger partial charge in [-0.05, 0) is 44.9 Å². The smallest absolute Gasteiger partial charge is 0.347 e. The summed E-state index contributed by atoms with van der Waals surface area (Å²) in [5.74, 6) is 0.0291. The number of benzene rings is 1. The fourth-order valence-corrected chi connectivity index (χ4v) is 2.37. The van der Waals surface area contributed by atoms with Crippen LogP contribution in [-0.2, 0) is 16.0 Å². The number of rotatable bonds is 5. The lowest BCUT2D eigenvalue weighted by Crippen LogP contribution is -2.26. The van der Waals surface area contributed by atoms with Crippen LogP contribution >= 0.6 is 0 Å². The molecule has 1 aromatic carbocycles. The van der Waals surface area contributed by atoms with E-state index in [1.807, 2.05) is 19.9 Å². The molecule has 0 fully saturated rings. The minimum Gasteiger partial charge on any atom is -0.479 e. The first-order valence-corrected chi connectivity index (χ1v) is 7.37. The van der Waals surface area contributed by atoms with Crippen molar-refractivity contribution in [2.75, 3.05) is 6.61 Å².